The highest BCUT2D eigenvalue weighted by Gasteiger charge is 2.36. The second-order valence-electron chi connectivity index (χ2n) is 10.0. The van der Waals surface area contributed by atoms with E-state index in [0.717, 1.165) is 12.8 Å². The number of para-hydroxylation sites is 1. The van der Waals surface area contributed by atoms with Crippen molar-refractivity contribution in [3.8, 4) is 17.2 Å². The van der Waals surface area contributed by atoms with E-state index < -0.39 is 36.1 Å². The van der Waals surface area contributed by atoms with E-state index in [1.807, 2.05) is 13.8 Å². The predicted molar refractivity (Wildman–Crippen MR) is 155 cm³/mol. The summed E-state index contributed by atoms with van der Waals surface area (Å²) in [5, 5.41) is 0. The molecule has 0 aliphatic heterocycles. The van der Waals surface area contributed by atoms with E-state index in [0.29, 0.717) is 24.2 Å². The van der Waals surface area contributed by atoms with Crippen molar-refractivity contribution < 1.29 is 52.3 Å². The summed E-state index contributed by atoms with van der Waals surface area (Å²) in [7, 11) is 1.18. The zero-order chi connectivity index (χ0) is 31.8. The molecule has 0 aliphatic rings. The number of rotatable bonds is 15. The summed E-state index contributed by atoms with van der Waals surface area (Å²) in [6.07, 6.45) is -1.13. The zero-order valence-electron chi connectivity index (χ0n) is 25.3. The van der Waals surface area contributed by atoms with E-state index in [1.165, 1.54) is 25.3 Å². The summed E-state index contributed by atoms with van der Waals surface area (Å²) in [5.41, 5.74) is 5.20. The van der Waals surface area contributed by atoms with Crippen LogP contribution in [0, 0.1) is 0 Å². The van der Waals surface area contributed by atoms with Crippen LogP contribution in [-0.2, 0) is 30.2 Å². The van der Waals surface area contributed by atoms with E-state index in [1.54, 1.807) is 44.2 Å². The number of methoxy groups -OCH3 is 1. The van der Waals surface area contributed by atoms with Crippen LogP contribution in [0.25, 0.3) is 0 Å². The third kappa shape index (κ3) is 12.2. The Balaban J connectivity index is 2.21. The van der Waals surface area contributed by atoms with Crippen LogP contribution in [0.4, 0.5) is 14.4 Å². The number of carbonyl (C=O) groups excluding carboxylic acids is 4. The van der Waals surface area contributed by atoms with Crippen LogP contribution in [-0.4, -0.2) is 55.9 Å². The second kappa shape index (κ2) is 17.6. The van der Waals surface area contributed by atoms with Gasteiger partial charge < -0.3 is 38.9 Å². The van der Waals surface area contributed by atoms with Gasteiger partial charge in [0.2, 0.25) is 0 Å². The fourth-order valence-corrected chi connectivity index (χ4v) is 4.07. The third-order valence-corrected chi connectivity index (χ3v) is 6.20. The molecule has 0 heterocycles. The molecule has 2 rings (SSSR count). The van der Waals surface area contributed by atoms with Crippen molar-refractivity contribution in [3.63, 3.8) is 0 Å². The molecular formula is C31H41NO11. The first kappa shape index (κ1) is 34.9. The van der Waals surface area contributed by atoms with E-state index >= 15 is 0 Å². The lowest BCUT2D eigenvalue weighted by molar-refractivity contribution is -0.147. The van der Waals surface area contributed by atoms with E-state index in [4.69, 9.17) is 38.9 Å². The highest BCUT2D eigenvalue weighted by Crippen LogP contribution is 2.31. The summed E-state index contributed by atoms with van der Waals surface area (Å²) in [4.78, 5) is 49.7. The summed E-state index contributed by atoms with van der Waals surface area (Å²) in [6, 6.07) is 12.6. The summed E-state index contributed by atoms with van der Waals surface area (Å²) >= 11 is 0. The number of carbonyl (C=O) groups is 4. The van der Waals surface area contributed by atoms with Gasteiger partial charge in [0, 0.05) is 12.8 Å². The molecule has 0 saturated heterocycles. The highest BCUT2D eigenvalue weighted by atomic mass is 16.8. The molecule has 0 saturated carbocycles. The summed E-state index contributed by atoms with van der Waals surface area (Å²) in [6.45, 7) is 7.10. The minimum absolute atomic E-state index is 0.106. The maximum absolute atomic E-state index is 12.7. The molecule has 0 spiro atoms. The van der Waals surface area contributed by atoms with E-state index in [2.05, 4.69) is 0 Å². The minimum atomic E-state index is -1.65. The van der Waals surface area contributed by atoms with Crippen LogP contribution >= 0.6 is 0 Å². The van der Waals surface area contributed by atoms with Gasteiger partial charge in [0.1, 0.15) is 23.5 Å². The topological polar surface area (TPSA) is 159 Å². The van der Waals surface area contributed by atoms with Crippen LogP contribution in [0.2, 0.25) is 0 Å². The third-order valence-electron chi connectivity index (χ3n) is 6.20. The molecule has 0 aliphatic carbocycles. The van der Waals surface area contributed by atoms with Gasteiger partial charge in [0.25, 0.3) is 0 Å². The summed E-state index contributed by atoms with van der Waals surface area (Å²) in [5.74, 6) is -0.733. The number of benzene rings is 2. The molecule has 12 heteroatoms. The molecule has 0 bridgehead atoms. The number of nitrogens with two attached hydrogens (primary N) is 1. The molecule has 2 aromatic rings. The van der Waals surface area contributed by atoms with Gasteiger partial charge in [0.05, 0.1) is 13.7 Å². The zero-order valence-corrected chi connectivity index (χ0v) is 25.3. The van der Waals surface area contributed by atoms with Gasteiger partial charge in [-0.2, -0.15) is 0 Å². The Labute approximate surface area is 251 Å². The van der Waals surface area contributed by atoms with Gasteiger partial charge in [-0.25, -0.2) is 14.4 Å². The average molecular weight is 604 g/mol. The highest BCUT2D eigenvalue weighted by molar-refractivity contribution is 5.81. The monoisotopic (exact) mass is 603 g/mol. The standard InChI is InChI=1S/C31H41NO11/c1-6-11-21(3)39-29(35)42-25-16-15-23(19-26(25)43-30(36)40-22(4)12-7-2)20-31(32,27(33)37-5)17-18-38-28(34)41-24-13-9-8-10-14-24/h8-10,13-16,19,21-22H,6-7,11-12,17-18,20,32H2,1-5H3/t21-,22?,31+/m0/s1. The molecule has 2 N–H and O–H groups in total. The van der Waals surface area contributed by atoms with Crippen LogP contribution in [0.1, 0.15) is 65.4 Å². The molecule has 1 unspecified atom stereocenters. The molecule has 0 aromatic heterocycles. The lowest BCUT2D eigenvalue weighted by atomic mass is 9.88. The lowest BCUT2D eigenvalue weighted by Gasteiger charge is -2.26. The smallest absolute Gasteiger partial charge is 0.468 e. The van der Waals surface area contributed by atoms with Gasteiger partial charge in [-0.15, -0.1) is 0 Å². The van der Waals surface area contributed by atoms with Crippen molar-refractivity contribution in [1.82, 2.24) is 0 Å². The van der Waals surface area contributed by atoms with Gasteiger partial charge in [-0.05, 0) is 56.5 Å². The Morgan fingerprint density at radius 2 is 1.37 bits per heavy atom. The number of hydrogen-bond acceptors (Lipinski definition) is 12. The van der Waals surface area contributed by atoms with Crippen LogP contribution in [0.15, 0.2) is 48.5 Å². The van der Waals surface area contributed by atoms with Crippen molar-refractivity contribution in [2.75, 3.05) is 13.7 Å². The van der Waals surface area contributed by atoms with Gasteiger partial charge in [-0.1, -0.05) is 51.0 Å². The van der Waals surface area contributed by atoms with Crippen LogP contribution in [0.5, 0.6) is 17.2 Å². The summed E-state index contributed by atoms with van der Waals surface area (Å²) < 4.78 is 36.3. The largest absolute Gasteiger partial charge is 0.514 e. The van der Waals surface area contributed by atoms with Gasteiger partial charge >= 0.3 is 24.4 Å². The Morgan fingerprint density at radius 1 is 0.791 bits per heavy atom. The number of ether oxygens (including phenoxy) is 7. The minimum Gasteiger partial charge on any atom is -0.468 e. The van der Waals surface area contributed by atoms with Crippen molar-refractivity contribution >= 4 is 24.4 Å². The van der Waals surface area contributed by atoms with Crippen LogP contribution < -0.4 is 19.9 Å². The van der Waals surface area contributed by atoms with Crippen molar-refractivity contribution in [2.24, 2.45) is 5.73 Å². The first-order valence-electron chi connectivity index (χ1n) is 14.2. The molecule has 2 aromatic carbocycles. The van der Waals surface area contributed by atoms with Crippen molar-refractivity contribution in [2.45, 2.75) is 84.0 Å². The Bertz CT molecular complexity index is 1200. The van der Waals surface area contributed by atoms with Gasteiger partial charge in [0.15, 0.2) is 11.5 Å². The molecular weight excluding hydrogens is 562 g/mol. The SMILES string of the molecule is CCCC(C)OC(=O)Oc1cc(C[C@](N)(CCOC(=O)Oc2ccccc2)C(=O)OC)ccc1OC(=O)O[C@@H](C)CCC. The Kier molecular flexibility index (Phi) is 14.3. The maximum atomic E-state index is 12.7. The molecule has 43 heavy (non-hydrogen) atoms. The fraction of sp³-hybridized carbons (Fsp3) is 0.484. The Hall–Kier alpha value is -4.32. The first-order valence-corrected chi connectivity index (χ1v) is 14.2. The quantitative estimate of drug-likeness (QED) is 0.141. The molecule has 3 atom stereocenters. The molecule has 12 nitrogen and oxygen atoms in total. The first-order chi connectivity index (χ1) is 20.5. The average Bonchev–Trinajstić information content (AvgIpc) is 2.94. The normalized spacial score (nSPS) is 13.4. The number of hydrogen-bond donors (Lipinski definition) is 1. The van der Waals surface area contributed by atoms with Gasteiger partial charge in [-0.3, -0.25) is 4.79 Å². The molecule has 0 radical (unpaired) electrons. The molecule has 0 fully saturated rings. The second-order valence-corrected chi connectivity index (χ2v) is 10.0. The van der Waals surface area contributed by atoms with E-state index in [9.17, 15) is 19.2 Å². The van der Waals surface area contributed by atoms with E-state index in [-0.39, 0.29) is 37.1 Å². The molecule has 0 amide bonds. The fourth-order valence-electron chi connectivity index (χ4n) is 4.07. The lowest BCUT2D eigenvalue weighted by Crippen LogP contribution is -2.51. The predicted octanol–water partition coefficient (Wildman–Crippen LogP) is 6.11. The van der Waals surface area contributed by atoms with Crippen molar-refractivity contribution in [3.05, 3.63) is 54.1 Å². The Morgan fingerprint density at radius 3 is 1.93 bits per heavy atom. The maximum Gasteiger partial charge on any atom is 0.514 e. The number of esters is 1. The van der Waals surface area contributed by atoms with Crippen LogP contribution in [0.3, 0.4) is 0 Å². The van der Waals surface area contributed by atoms with Crippen molar-refractivity contribution in [1.29, 1.82) is 0 Å². The molecule has 236 valence electrons.